The van der Waals surface area contributed by atoms with E-state index in [1.165, 1.54) is 19.0 Å². The Morgan fingerprint density at radius 2 is 1.80 bits per heavy atom. The molecule has 3 aliphatic carbocycles. The summed E-state index contributed by atoms with van der Waals surface area (Å²) in [6.45, 7) is 2.93. The molecule has 1 amide bonds. The Morgan fingerprint density at radius 1 is 1.18 bits per heavy atom. The van der Waals surface area contributed by atoms with Crippen LogP contribution in [0.15, 0.2) is 29.0 Å². The lowest BCUT2D eigenvalue weighted by Crippen LogP contribution is -2.70. The molecule has 40 heavy (non-hydrogen) atoms. The van der Waals surface area contributed by atoms with Crippen molar-refractivity contribution in [2.75, 3.05) is 27.2 Å². The van der Waals surface area contributed by atoms with Crippen LogP contribution in [0, 0.1) is 11.8 Å². The third-order valence-corrected chi connectivity index (χ3v) is 9.12. The van der Waals surface area contributed by atoms with Crippen molar-refractivity contribution in [1.82, 2.24) is 9.80 Å². The van der Waals surface area contributed by atoms with E-state index >= 15 is 0 Å². The second-order valence-electron chi connectivity index (χ2n) is 11.5. The summed E-state index contributed by atoms with van der Waals surface area (Å²) < 4.78 is 13.6. The highest BCUT2D eigenvalue weighted by molar-refractivity contribution is 6.24. The predicted molar refractivity (Wildman–Crippen MR) is 140 cm³/mol. The number of nitrogens with two attached hydrogens (primary N) is 1. The number of ketones is 2. The number of Topliss-reactive ketones (excluding diaryl/α,β-unsaturated/α-hetero) is 2. The molecule has 2 fully saturated rings. The van der Waals surface area contributed by atoms with Gasteiger partial charge in [-0.25, -0.2) is 4.39 Å². The molecule has 1 saturated heterocycles. The van der Waals surface area contributed by atoms with E-state index in [4.69, 9.17) is 5.73 Å². The van der Waals surface area contributed by atoms with E-state index in [0.29, 0.717) is 37.1 Å². The lowest BCUT2D eigenvalue weighted by molar-refractivity contribution is -0.169. The number of aliphatic hydroxyl groups excluding tert-OH is 3. The molecule has 12 heteroatoms. The molecule has 7 N–H and O–H groups in total. The van der Waals surface area contributed by atoms with E-state index in [1.54, 1.807) is 19.1 Å². The van der Waals surface area contributed by atoms with Gasteiger partial charge in [0.1, 0.15) is 29.0 Å². The molecule has 6 atom stereocenters. The standard InChI is InChI=1S/C28H34FN3O8/c1-11-14-5-4-12(10-32-8-6-13(29)7-9-32)21(33)16(14)22(34)17-15(11)23(35)19-20(31(2)3)24(36)18(27(30)39)26(38)28(19,40)25(17)37/h4-5,11,13,15,19-20,23,33-35,38,40H,6-10H2,1-3H3,(H2,30,39)/t11-,15+,19+,20-,23-,28-/m0/s1. The van der Waals surface area contributed by atoms with Gasteiger partial charge in [0, 0.05) is 36.7 Å². The molecule has 0 bridgehead atoms. The number of hydrogen-bond acceptors (Lipinski definition) is 10. The summed E-state index contributed by atoms with van der Waals surface area (Å²) in [7, 11) is 2.92. The van der Waals surface area contributed by atoms with Gasteiger partial charge < -0.3 is 31.3 Å². The molecular formula is C28H34FN3O8. The third-order valence-electron chi connectivity index (χ3n) is 9.12. The first-order valence-electron chi connectivity index (χ1n) is 13.3. The number of piperidine rings is 1. The van der Waals surface area contributed by atoms with Gasteiger partial charge in [-0.05, 0) is 38.4 Å². The van der Waals surface area contributed by atoms with Crippen molar-refractivity contribution >= 4 is 23.2 Å². The smallest absolute Gasteiger partial charge is 0.255 e. The van der Waals surface area contributed by atoms with Crippen LogP contribution in [0.5, 0.6) is 5.75 Å². The average Bonchev–Trinajstić information content (AvgIpc) is 2.88. The summed E-state index contributed by atoms with van der Waals surface area (Å²) in [6.07, 6.45) is -1.78. The van der Waals surface area contributed by atoms with Gasteiger partial charge in [0.25, 0.3) is 5.91 Å². The number of aromatic hydroxyl groups is 1. The van der Waals surface area contributed by atoms with Gasteiger partial charge >= 0.3 is 0 Å². The summed E-state index contributed by atoms with van der Waals surface area (Å²) >= 11 is 0. The third kappa shape index (κ3) is 3.80. The van der Waals surface area contributed by atoms with Crippen molar-refractivity contribution in [1.29, 1.82) is 0 Å². The number of alkyl halides is 1. The van der Waals surface area contributed by atoms with Crippen LogP contribution in [-0.4, -0.2) is 104 Å². The Balaban J connectivity index is 1.67. The van der Waals surface area contributed by atoms with Gasteiger partial charge in [0.05, 0.1) is 23.6 Å². The van der Waals surface area contributed by atoms with Gasteiger partial charge in [-0.1, -0.05) is 19.1 Å². The molecule has 0 aromatic heterocycles. The zero-order valence-corrected chi connectivity index (χ0v) is 22.5. The summed E-state index contributed by atoms with van der Waals surface area (Å²) in [6, 6.07) is 1.96. The summed E-state index contributed by atoms with van der Waals surface area (Å²) in [5, 5.41) is 57.1. The fourth-order valence-electron chi connectivity index (χ4n) is 7.09. The van der Waals surface area contributed by atoms with E-state index in [0.717, 1.165) is 0 Å². The Morgan fingerprint density at radius 3 is 2.38 bits per heavy atom. The van der Waals surface area contributed by atoms with Crippen LogP contribution in [0.2, 0.25) is 0 Å². The number of hydrogen-bond donors (Lipinski definition) is 6. The van der Waals surface area contributed by atoms with Crippen molar-refractivity contribution in [2.24, 2.45) is 17.6 Å². The topological polar surface area (TPSA) is 185 Å². The van der Waals surface area contributed by atoms with Gasteiger partial charge in [-0.2, -0.15) is 0 Å². The number of nitrogens with zero attached hydrogens (tertiary/aromatic N) is 2. The maximum absolute atomic E-state index is 14.0. The fourth-order valence-corrected chi connectivity index (χ4v) is 7.09. The van der Waals surface area contributed by atoms with E-state index in [9.17, 15) is 44.3 Å². The number of carbonyl (C=O) groups is 3. The number of fused-ring (bicyclic) bond motifs is 3. The van der Waals surface area contributed by atoms with Crippen LogP contribution in [0.4, 0.5) is 4.39 Å². The summed E-state index contributed by atoms with van der Waals surface area (Å²) in [5.74, 6) is -9.14. The molecule has 216 valence electrons. The van der Waals surface area contributed by atoms with E-state index < -0.39 is 81.8 Å². The highest BCUT2D eigenvalue weighted by Gasteiger charge is 2.68. The molecule has 1 saturated carbocycles. The van der Waals surface area contributed by atoms with Crippen LogP contribution < -0.4 is 5.73 Å². The number of phenols is 1. The normalized spacial score (nSPS) is 33.2. The number of amides is 1. The molecular weight excluding hydrogens is 525 g/mol. The number of aliphatic hydroxyl groups is 4. The molecule has 0 unspecified atom stereocenters. The highest BCUT2D eigenvalue weighted by Crippen LogP contribution is 2.56. The second-order valence-corrected chi connectivity index (χ2v) is 11.5. The Hall–Kier alpha value is -3.32. The minimum absolute atomic E-state index is 0.0473. The van der Waals surface area contributed by atoms with Crippen molar-refractivity contribution in [3.63, 3.8) is 0 Å². The molecule has 1 aromatic rings. The first kappa shape index (κ1) is 28.2. The molecule has 4 aliphatic rings. The van der Waals surface area contributed by atoms with Gasteiger partial charge in [-0.3, -0.25) is 24.2 Å². The number of benzene rings is 1. The quantitative estimate of drug-likeness (QED) is 0.283. The number of likely N-dealkylation sites (tertiary alicyclic amines) is 1. The fraction of sp³-hybridized carbons (Fsp3) is 0.536. The molecule has 0 spiro atoms. The van der Waals surface area contributed by atoms with Crippen molar-refractivity contribution < 1.29 is 44.3 Å². The first-order chi connectivity index (χ1) is 18.7. The number of rotatable bonds is 4. The van der Waals surface area contributed by atoms with Crippen molar-refractivity contribution in [3.05, 3.63) is 45.7 Å². The largest absolute Gasteiger partial charge is 0.508 e. The Kier molecular flexibility index (Phi) is 6.81. The van der Waals surface area contributed by atoms with Crippen LogP contribution in [0.3, 0.4) is 0 Å². The number of halogens is 1. The van der Waals surface area contributed by atoms with Crippen molar-refractivity contribution in [3.8, 4) is 5.75 Å². The van der Waals surface area contributed by atoms with Crippen LogP contribution in [0.1, 0.15) is 42.4 Å². The molecule has 5 rings (SSSR count). The minimum Gasteiger partial charge on any atom is -0.508 e. The zero-order chi connectivity index (χ0) is 29.4. The van der Waals surface area contributed by atoms with Crippen molar-refractivity contribution in [2.45, 2.75) is 56.1 Å². The zero-order valence-electron chi connectivity index (χ0n) is 22.5. The van der Waals surface area contributed by atoms with Crippen LogP contribution in [0.25, 0.3) is 5.76 Å². The molecule has 1 aromatic carbocycles. The van der Waals surface area contributed by atoms with Crippen LogP contribution in [-0.2, 0) is 20.9 Å². The van der Waals surface area contributed by atoms with Gasteiger partial charge in [0.2, 0.25) is 5.78 Å². The molecule has 1 heterocycles. The maximum Gasteiger partial charge on any atom is 0.255 e. The van der Waals surface area contributed by atoms with Gasteiger partial charge in [0.15, 0.2) is 11.4 Å². The average molecular weight is 560 g/mol. The van der Waals surface area contributed by atoms with Crippen LogP contribution >= 0.6 is 0 Å². The number of carbonyl (C=O) groups excluding carboxylic acids is 3. The van der Waals surface area contributed by atoms with E-state index in [1.807, 2.05) is 4.90 Å². The monoisotopic (exact) mass is 559 g/mol. The number of likely N-dealkylation sites (N-methyl/N-ethyl adjacent to an activating group) is 1. The number of primary amides is 1. The molecule has 0 radical (unpaired) electrons. The highest BCUT2D eigenvalue weighted by atomic mass is 19.1. The Labute approximate surface area is 230 Å². The first-order valence-corrected chi connectivity index (χ1v) is 13.3. The lowest BCUT2D eigenvalue weighted by Gasteiger charge is -2.53. The molecule has 11 nitrogen and oxygen atoms in total. The lowest BCUT2D eigenvalue weighted by atomic mass is 9.54. The summed E-state index contributed by atoms with van der Waals surface area (Å²) in [5.41, 5.74) is 1.82. The summed E-state index contributed by atoms with van der Waals surface area (Å²) in [4.78, 5) is 42.7. The second kappa shape index (κ2) is 9.65. The van der Waals surface area contributed by atoms with E-state index in [2.05, 4.69) is 0 Å². The SMILES string of the molecule is C[C@H]1c2ccc(CN3CCC(F)CC3)c(O)c2C(O)=C2C(=O)[C@]3(O)C(O)=C(C(N)=O)C(=O)[C@@H](N(C)C)[C@@H]3[C@@H](O)[C@@H]21. The molecule has 1 aliphatic heterocycles. The minimum atomic E-state index is -2.95. The predicted octanol–water partition coefficient (Wildman–Crippen LogP) is 0.430. The van der Waals surface area contributed by atoms with E-state index in [-0.39, 0.29) is 17.9 Å². The van der Waals surface area contributed by atoms with Gasteiger partial charge in [-0.15, -0.1) is 0 Å². The Bertz CT molecular complexity index is 1370. The maximum atomic E-state index is 14.0. The number of phenolic OH excluding ortho intramolecular Hbond substituents is 1.